The molecule has 2 amide bonds. The minimum atomic E-state index is -0.187. The molecule has 0 atom stereocenters. The van der Waals surface area contributed by atoms with Crippen molar-refractivity contribution in [3.05, 3.63) is 65.7 Å². The predicted octanol–water partition coefficient (Wildman–Crippen LogP) is 4.08. The van der Waals surface area contributed by atoms with E-state index in [0.717, 1.165) is 5.75 Å². The van der Waals surface area contributed by atoms with Crippen molar-refractivity contribution in [1.29, 1.82) is 0 Å². The zero-order chi connectivity index (χ0) is 18.4. The first-order valence-corrected chi connectivity index (χ1v) is 8.81. The van der Waals surface area contributed by atoms with Crippen LogP contribution in [-0.4, -0.2) is 16.8 Å². The van der Waals surface area contributed by atoms with E-state index >= 15 is 0 Å². The van der Waals surface area contributed by atoms with Gasteiger partial charge < -0.3 is 15.4 Å². The van der Waals surface area contributed by atoms with Crippen molar-refractivity contribution in [3.8, 4) is 11.5 Å². The molecule has 3 aromatic rings. The fraction of sp³-hybridized carbons (Fsp3) is 0.105. The number of carbonyl (C=O) groups is 2. The molecule has 0 unspecified atom stereocenters. The Balaban J connectivity index is 1.54. The first-order valence-electron chi connectivity index (χ1n) is 7.93. The fourth-order valence-electron chi connectivity index (χ4n) is 2.20. The maximum atomic E-state index is 12.1. The summed E-state index contributed by atoms with van der Waals surface area (Å²) < 4.78 is 5.71. The summed E-state index contributed by atoms with van der Waals surface area (Å²) in [6, 6.07) is 16.6. The number of carbonyl (C=O) groups excluding carboxylic acids is 2. The maximum Gasteiger partial charge on any atom is 0.230 e. The largest absolute Gasteiger partial charge is 0.457 e. The molecule has 0 radical (unpaired) electrons. The van der Waals surface area contributed by atoms with Crippen molar-refractivity contribution in [2.75, 3.05) is 10.6 Å². The van der Waals surface area contributed by atoms with E-state index < -0.39 is 0 Å². The van der Waals surface area contributed by atoms with Crippen LogP contribution in [0.15, 0.2) is 60.0 Å². The smallest absolute Gasteiger partial charge is 0.230 e. The predicted molar refractivity (Wildman–Crippen MR) is 102 cm³/mol. The highest BCUT2D eigenvalue weighted by atomic mass is 32.1. The average molecular weight is 367 g/mol. The molecule has 7 heteroatoms. The van der Waals surface area contributed by atoms with Crippen LogP contribution < -0.4 is 15.4 Å². The molecule has 0 spiro atoms. The molecule has 0 aliphatic rings. The zero-order valence-electron chi connectivity index (χ0n) is 14.1. The van der Waals surface area contributed by atoms with Crippen LogP contribution in [-0.2, 0) is 16.0 Å². The third-order valence-corrected chi connectivity index (χ3v) is 4.10. The van der Waals surface area contributed by atoms with Gasteiger partial charge in [-0.05, 0) is 36.4 Å². The van der Waals surface area contributed by atoms with Crippen LogP contribution >= 0.6 is 11.3 Å². The van der Waals surface area contributed by atoms with Gasteiger partial charge in [-0.3, -0.25) is 9.59 Å². The Labute approximate surface area is 154 Å². The average Bonchev–Trinajstić information content (AvgIpc) is 3.03. The van der Waals surface area contributed by atoms with Gasteiger partial charge in [0.05, 0.1) is 12.1 Å². The third kappa shape index (κ3) is 5.15. The summed E-state index contributed by atoms with van der Waals surface area (Å²) in [5.41, 5.74) is 1.29. The standard InChI is InChI=1S/C19H17N3O3S/c1-13(23)20-19-22-15(12-26-19)11-18(24)21-14-7-9-17(10-8-14)25-16-5-3-2-4-6-16/h2-10,12H,11H2,1H3,(H,21,24)(H,20,22,23). The van der Waals surface area contributed by atoms with Crippen LogP contribution in [0.2, 0.25) is 0 Å². The minimum absolute atomic E-state index is 0.137. The number of para-hydroxylation sites is 1. The number of anilines is 2. The van der Waals surface area contributed by atoms with Gasteiger partial charge >= 0.3 is 0 Å². The van der Waals surface area contributed by atoms with Crippen LogP contribution in [0.25, 0.3) is 0 Å². The molecule has 0 aliphatic heterocycles. The molecule has 0 aliphatic carbocycles. The van der Waals surface area contributed by atoms with E-state index in [1.54, 1.807) is 29.6 Å². The summed E-state index contributed by atoms with van der Waals surface area (Å²) in [5.74, 6) is 1.08. The Morgan fingerprint density at radius 2 is 1.69 bits per heavy atom. The van der Waals surface area contributed by atoms with E-state index in [0.29, 0.717) is 22.3 Å². The molecule has 2 aromatic carbocycles. The second-order valence-electron chi connectivity index (χ2n) is 5.49. The highest BCUT2D eigenvalue weighted by Crippen LogP contribution is 2.23. The monoisotopic (exact) mass is 367 g/mol. The first-order chi connectivity index (χ1) is 12.6. The van der Waals surface area contributed by atoms with E-state index in [4.69, 9.17) is 4.74 Å². The van der Waals surface area contributed by atoms with Crippen LogP contribution in [0.3, 0.4) is 0 Å². The Kier molecular flexibility index (Phi) is 5.60. The zero-order valence-corrected chi connectivity index (χ0v) is 14.9. The number of rotatable bonds is 6. The van der Waals surface area contributed by atoms with Crippen molar-refractivity contribution < 1.29 is 14.3 Å². The highest BCUT2D eigenvalue weighted by molar-refractivity contribution is 7.13. The van der Waals surface area contributed by atoms with Gasteiger partial charge in [0.25, 0.3) is 0 Å². The topological polar surface area (TPSA) is 80.3 Å². The number of aromatic nitrogens is 1. The molecule has 0 fully saturated rings. The van der Waals surface area contributed by atoms with Crippen LogP contribution in [0.5, 0.6) is 11.5 Å². The third-order valence-electron chi connectivity index (χ3n) is 3.29. The molecule has 0 bridgehead atoms. The lowest BCUT2D eigenvalue weighted by Gasteiger charge is -2.07. The van der Waals surface area contributed by atoms with Gasteiger partial charge in [0.2, 0.25) is 11.8 Å². The highest BCUT2D eigenvalue weighted by Gasteiger charge is 2.09. The number of ether oxygens (including phenoxy) is 1. The van der Waals surface area contributed by atoms with Crippen molar-refractivity contribution >= 4 is 34.0 Å². The molecule has 2 N–H and O–H groups in total. The molecule has 0 saturated carbocycles. The van der Waals surface area contributed by atoms with Gasteiger partial charge in [0.15, 0.2) is 5.13 Å². The number of benzene rings is 2. The number of hydrogen-bond donors (Lipinski definition) is 2. The Morgan fingerprint density at radius 1 is 1.00 bits per heavy atom. The van der Waals surface area contributed by atoms with Gasteiger partial charge in [-0.25, -0.2) is 4.98 Å². The van der Waals surface area contributed by atoms with Crippen molar-refractivity contribution in [2.24, 2.45) is 0 Å². The molecule has 26 heavy (non-hydrogen) atoms. The quantitative estimate of drug-likeness (QED) is 0.688. The summed E-state index contributed by atoms with van der Waals surface area (Å²) in [5, 5.41) is 7.65. The van der Waals surface area contributed by atoms with Gasteiger partial charge in [0.1, 0.15) is 11.5 Å². The molecule has 132 valence electrons. The fourth-order valence-corrected chi connectivity index (χ4v) is 2.95. The van der Waals surface area contributed by atoms with Gasteiger partial charge in [-0.2, -0.15) is 0 Å². The number of nitrogens with one attached hydrogen (secondary N) is 2. The van der Waals surface area contributed by atoms with Gasteiger partial charge in [0, 0.05) is 18.0 Å². The summed E-state index contributed by atoms with van der Waals surface area (Å²) in [6.07, 6.45) is 0.137. The van der Waals surface area contributed by atoms with E-state index in [1.807, 2.05) is 30.3 Å². The first kappa shape index (κ1) is 17.6. The Morgan fingerprint density at radius 3 is 2.38 bits per heavy atom. The maximum absolute atomic E-state index is 12.1. The lowest BCUT2D eigenvalue weighted by molar-refractivity contribution is -0.116. The molecular weight excluding hydrogens is 350 g/mol. The number of hydrogen-bond acceptors (Lipinski definition) is 5. The lowest BCUT2D eigenvalue weighted by atomic mass is 10.2. The summed E-state index contributed by atoms with van der Waals surface area (Å²) >= 11 is 1.29. The minimum Gasteiger partial charge on any atom is -0.457 e. The molecule has 1 aromatic heterocycles. The van der Waals surface area contributed by atoms with E-state index in [9.17, 15) is 9.59 Å². The molecule has 3 rings (SSSR count). The second kappa shape index (κ2) is 8.26. The van der Waals surface area contributed by atoms with Crippen LogP contribution in [0.4, 0.5) is 10.8 Å². The van der Waals surface area contributed by atoms with E-state index in [-0.39, 0.29) is 18.2 Å². The van der Waals surface area contributed by atoms with Crippen molar-refractivity contribution in [1.82, 2.24) is 4.98 Å². The molecule has 0 saturated heterocycles. The normalized spacial score (nSPS) is 10.2. The SMILES string of the molecule is CC(=O)Nc1nc(CC(=O)Nc2ccc(Oc3ccccc3)cc2)cs1. The molecule has 1 heterocycles. The van der Waals surface area contributed by atoms with Crippen molar-refractivity contribution in [3.63, 3.8) is 0 Å². The number of amides is 2. The Hall–Kier alpha value is -3.19. The summed E-state index contributed by atoms with van der Waals surface area (Å²) in [7, 11) is 0. The summed E-state index contributed by atoms with van der Waals surface area (Å²) in [6.45, 7) is 1.42. The summed E-state index contributed by atoms with van der Waals surface area (Å²) in [4.78, 5) is 27.3. The van der Waals surface area contributed by atoms with Gasteiger partial charge in [-0.1, -0.05) is 18.2 Å². The van der Waals surface area contributed by atoms with E-state index in [2.05, 4.69) is 15.6 Å². The lowest BCUT2D eigenvalue weighted by Crippen LogP contribution is -2.14. The second-order valence-corrected chi connectivity index (χ2v) is 6.35. The van der Waals surface area contributed by atoms with Crippen molar-refractivity contribution in [2.45, 2.75) is 13.3 Å². The molecular formula is C19H17N3O3S. The number of thiazole rings is 1. The van der Waals surface area contributed by atoms with Gasteiger partial charge in [-0.15, -0.1) is 11.3 Å². The number of nitrogens with zero attached hydrogens (tertiary/aromatic N) is 1. The van der Waals surface area contributed by atoms with Crippen LogP contribution in [0.1, 0.15) is 12.6 Å². The Bertz CT molecular complexity index is 892. The molecule has 6 nitrogen and oxygen atoms in total. The van der Waals surface area contributed by atoms with E-state index in [1.165, 1.54) is 18.3 Å². The van der Waals surface area contributed by atoms with Crippen LogP contribution in [0, 0.1) is 0 Å².